The van der Waals surface area contributed by atoms with Crippen molar-refractivity contribution in [2.24, 2.45) is 0 Å². The Balaban J connectivity index is 1.80. The lowest BCUT2D eigenvalue weighted by molar-refractivity contribution is -0.140. The largest absolute Gasteiger partial charge is 0.480 e. The fourth-order valence-corrected chi connectivity index (χ4v) is 2.74. The van der Waals surface area contributed by atoms with Crippen molar-refractivity contribution in [2.45, 2.75) is 19.3 Å². The van der Waals surface area contributed by atoms with Gasteiger partial charge >= 0.3 is 19.9 Å². The molecule has 0 aliphatic heterocycles. The van der Waals surface area contributed by atoms with Crippen LogP contribution in [0.5, 0.6) is 0 Å². The highest BCUT2D eigenvalue weighted by Gasteiger charge is 2.28. The highest BCUT2D eigenvalue weighted by Crippen LogP contribution is 2.44. The molecule has 2 aromatic rings. The lowest BCUT2D eigenvalue weighted by Gasteiger charge is -2.17. The second-order valence-electron chi connectivity index (χ2n) is 5.62. The summed E-state index contributed by atoms with van der Waals surface area (Å²) >= 11 is 0. The Morgan fingerprint density at radius 1 is 0.929 bits per heavy atom. The summed E-state index contributed by atoms with van der Waals surface area (Å²) in [5.41, 5.74) is 1.35. The molecule has 0 spiro atoms. The number of hydrogen-bond donors (Lipinski definition) is 3. The third-order valence-corrected chi connectivity index (χ3v) is 4.38. The monoisotopic (exact) mass is 409 g/mol. The number of carboxylic acids is 1. The van der Waals surface area contributed by atoms with E-state index in [1.165, 1.54) is 0 Å². The maximum Gasteiger partial charge on any atom is 0.472 e. The van der Waals surface area contributed by atoms with E-state index in [1.807, 2.05) is 0 Å². The molecule has 2 atom stereocenters. The number of benzene rings is 2. The number of ether oxygens (including phenoxy) is 1. The lowest BCUT2D eigenvalue weighted by atomic mass is 10.2. The lowest BCUT2D eigenvalue weighted by Crippen LogP contribution is -2.44. The first-order chi connectivity index (χ1) is 13.4. The summed E-state index contributed by atoms with van der Waals surface area (Å²) in [6.45, 7) is -1.03. The van der Waals surface area contributed by atoms with E-state index in [-0.39, 0.29) is 13.2 Å². The molecule has 1 amide bonds. The van der Waals surface area contributed by atoms with Crippen LogP contribution in [0.15, 0.2) is 60.7 Å². The van der Waals surface area contributed by atoms with Gasteiger partial charge in [-0.05, 0) is 11.1 Å². The van der Waals surface area contributed by atoms with Crippen LogP contribution in [0, 0.1) is 0 Å². The second-order valence-corrected chi connectivity index (χ2v) is 7.07. The zero-order valence-corrected chi connectivity index (χ0v) is 15.7. The molecule has 0 aliphatic carbocycles. The third-order valence-electron chi connectivity index (χ3n) is 3.44. The molecular formula is C18H20NO8P. The summed E-state index contributed by atoms with van der Waals surface area (Å²) in [6, 6.07) is 15.8. The van der Waals surface area contributed by atoms with Gasteiger partial charge in [0.05, 0.1) is 13.2 Å². The van der Waals surface area contributed by atoms with Gasteiger partial charge in [-0.3, -0.25) is 9.05 Å². The van der Waals surface area contributed by atoms with Crippen LogP contribution in [0.25, 0.3) is 0 Å². The van der Waals surface area contributed by atoms with Gasteiger partial charge in [0.2, 0.25) is 0 Å². The number of aliphatic carboxylic acids is 1. The first-order valence-corrected chi connectivity index (χ1v) is 9.71. The number of phosphoric acid groups is 1. The van der Waals surface area contributed by atoms with Crippen LogP contribution >= 0.6 is 7.82 Å². The van der Waals surface area contributed by atoms with E-state index in [1.54, 1.807) is 60.7 Å². The molecule has 0 saturated heterocycles. The predicted molar refractivity (Wildman–Crippen MR) is 98.2 cm³/mol. The molecule has 0 bridgehead atoms. The molecule has 2 aromatic carbocycles. The Labute approximate surface area is 161 Å². The minimum Gasteiger partial charge on any atom is -0.480 e. The van der Waals surface area contributed by atoms with Gasteiger partial charge in [0.15, 0.2) is 6.04 Å². The molecule has 0 heterocycles. The van der Waals surface area contributed by atoms with E-state index in [4.69, 9.17) is 14.4 Å². The van der Waals surface area contributed by atoms with Crippen LogP contribution in [0.2, 0.25) is 0 Å². The zero-order chi connectivity index (χ0) is 20.4. The maximum absolute atomic E-state index is 11.9. The molecule has 0 aliphatic rings. The average molecular weight is 409 g/mol. The SMILES string of the molecule is O=C(N[C@@H](COP(=O)(O)OCc1ccccc1)C(=O)O)OCc1ccccc1. The molecular weight excluding hydrogens is 389 g/mol. The number of hydrogen-bond acceptors (Lipinski definition) is 6. The number of carbonyl (C=O) groups excluding carboxylic acids is 1. The standard InChI is InChI=1S/C18H20NO8P/c20-17(21)16(19-18(22)25-11-14-7-3-1-4-8-14)13-27-28(23,24)26-12-15-9-5-2-6-10-15/h1-10,16H,11-13H2,(H,19,22)(H,20,21)(H,23,24)/t16-/m0/s1. The molecule has 150 valence electrons. The maximum atomic E-state index is 11.9. The van der Waals surface area contributed by atoms with Crippen molar-refractivity contribution >= 4 is 19.9 Å². The van der Waals surface area contributed by atoms with Gasteiger partial charge in [0.1, 0.15) is 6.61 Å². The Hall–Kier alpha value is -2.71. The quantitative estimate of drug-likeness (QED) is 0.511. The number of carboxylic acid groups (broad SMARTS) is 1. The summed E-state index contributed by atoms with van der Waals surface area (Å²) in [7, 11) is -4.51. The van der Waals surface area contributed by atoms with Gasteiger partial charge in [-0.1, -0.05) is 60.7 Å². The fourth-order valence-electron chi connectivity index (χ4n) is 2.02. The molecule has 0 radical (unpaired) electrons. The molecule has 0 fully saturated rings. The zero-order valence-electron chi connectivity index (χ0n) is 14.8. The van der Waals surface area contributed by atoms with Crippen molar-refractivity contribution in [2.75, 3.05) is 6.61 Å². The summed E-state index contributed by atoms with van der Waals surface area (Å²) in [6.07, 6.45) is -1.00. The third kappa shape index (κ3) is 7.89. The normalized spacial score (nSPS) is 13.9. The van der Waals surface area contributed by atoms with Crippen LogP contribution in [0.4, 0.5) is 4.79 Å². The number of alkyl carbamates (subject to hydrolysis) is 1. The molecule has 10 heteroatoms. The predicted octanol–water partition coefficient (Wildman–Crippen LogP) is 2.70. The van der Waals surface area contributed by atoms with Crippen molar-refractivity contribution in [1.29, 1.82) is 0 Å². The molecule has 28 heavy (non-hydrogen) atoms. The number of rotatable bonds is 10. The van der Waals surface area contributed by atoms with Crippen LogP contribution in [0.3, 0.4) is 0 Å². The topological polar surface area (TPSA) is 131 Å². The van der Waals surface area contributed by atoms with E-state index >= 15 is 0 Å². The summed E-state index contributed by atoms with van der Waals surface area (Å²) < 4.78 is 26.3. The molecule has 3 N–H and O–H groups in total. The van der Waals surface area contributed by atoms with E-state index < -0.39 is 32.5 Å². The van der Waals surface area contributed by atoms with E-state index in [2.05, 4.69) is 9.84 Å². The van der Waals surface area contributed by atoms with Crippen molar-refractivity contribution in [1.82, 2.24) is 5.32 Å². The summed E-state index contributed by atoms with van der Waals surface area (Å²) in [5.74, 6) is -1.46. The summed E-state index contributed by atoms with van der Waals surface area (Å²) in [4.78, 5) is 32.7. The first-order valence-electron chi connectivity index (χ1n) is 8.21. The Bertz CT molecular complexity index is 815. The second kappa shape index (κ2) is 10.6. The minimum absolute atomic E-state index is 0.0570. The summed E-state index contributed by atoms with van der Waals surface area (Å²) in [5, 5.41) is 11.2. The number of amides is 1. The molecule has 0 aromatic heterocycles. The van der Waals surface area contributed by atoms with Crippen LogP contribution in [-0.4, -0.2) is 34.7 Å². The van der Waals surface area contributed by atoms with Gasteiger partial charge in [-0.2, -0.15) is 0 Å². The van der Waals surface area contributed by atoms with E-state index in [9.17, 15) is 19.0 Å². The fraction of sp³-hybridized carbons (Fsp3) is 0.222. The van der Waals surface area contributed by atoms with E-state index in [0.29, 0.717) is 5.56 Å². The number of phosphoric ester groups is 1. The van der Waals surface area contributed by atoms with Gasteiger partial charge in [0.25, 0.3) is 0 Å². The Morgan fingerprint density at radius 3 is 2.00 bits per heavy atom. The van der Waals surface area contributed by atoms with E-state index in [0.717, 1.165) is 5.56 Å². The number of nitrogens with one attached hydrogen (secondary N) is 1. The minimum atomic E-state index is -4.51. The van der Waals surface area contributed by atoms with Gasteiger partial charge < -0.3 is 20.1 Å². The van der Waals surface area contributed by atoms with Crippen LogP contribution in [-0.2, 0) is 36.4 Å². The van der Waals surface area contributed by atoms with Crippen molar-refractivity contribution in [3.05, 3.63) is 71.8 Å². The van der Waals surface area contributed by atoms with Crippen molar-refractivity contribution in [3.63, 3.8) is 0 Å². The molecule has 1 unspecified atom stereocenters. The molecule has 0 saturated carbocycles. The molecule has 2 rings (SSSR count). The Kier molecular flexibility index (Phi) is 8.16. The van der Waals surface area contributed by atoms with Gasteiger partial charge in [0, 0.05) is 0 Å². The number of carbonyl (C=O) groups is 2. The highest BCUT2D eigenvalue weighted by atomic mass is 31.2. The Morgan fingerprint density at radius 2 is 1.46 bits per heavy atom. The van der Waals surface area contributed by atoms with Crippen LogP contribution < -0.4 is 5.32 Å². The van der Waals surface area contributed by atoms with Crippen LogP contribution in [0.1, 0.15) is 11.1 Å². The van der Waals surface area contributed by atoms with Crippen molar-refractivity contribution in [3.8, 4) is 0 Å². The first kappa shape index (κ1) is 21.6. The smallest absolute Gasteiger partial charge is 0.472 e. The molecule has 9 nitrogen and oxygen atoms in total. The van der Waals surface area contributed by atoms with Gasteiger partial charge in [-0.25, -0.2) is 14.2 Å². The van der Waals surface area contributed by atoms with Crippen molar-refractivity contribution < 1.29 is 37.9 Å². The van der Waals surface area contributed by atoms with Gasteiger partial charge in [-0.15, -0.1) is 0 Å². The average Bonchev–Trinajstić information content (AvgIpc) is 2.69. The highest BCUT2D eigenvalue weighted by molar-refractivity contribution is 7.47.